The molecule has 3 heterocycles. The van der Waals surface area contributed by atoms with E-state index in [2.05, 4.69) is 9.82 Å². The number of nitrogens with one attached hydrogen (secondary N) is 1. The summed E-state index contributed by atoms with van der Waals surface area (Å²) in [6.07, 6.45) is 3.26. The smallest absolute Gasteiger partial charge is 0.310 e. The topological polar surface area (TPSA) is 105 Å². The average Bonchev–Trinajstić information content (AvgIpc) is 3.61. The van der Waals surface area contributed by atoms with Crippen LogP contribution in [0.4, 0.5) is 5.69 Å². The van der Waals surface area contributed by atoms with E-state index in [9.17, 15) is 13.2 Å². The van der Waals surface area contributed by atoms with Gasteiger partial charge >= 0.3 is 5.91 Å². The zero-order valence-electron chi connectivity index (χ0n) is 17.6. The van der Waals surface area contributed by atoms with Gasteiger partial charge in [0.15, 0.2) is 5.76 Å². The highest BCUT2D eigenvalue weighted by Gasteiger charge is 2.37. The first-order valence-corrected chi connectivity index (χ1v) is 12.1. The zero-order valence-corrected chi connectivity index (χ0v) is 19.2. The van der Waals surface area contributed by atoms with Crippen molar-refractivity contribution in [2.24, 2.45) is 5.10 Å². The number of hydrazone groups is 1. The number of carbonyl (C=O) groups excluding carboxylic acids is 1. The number of rotatable bonds is 6. The highest BCUT2D eigenvalue weighted by atomic mass is 35.5. The van der Waals surface area contributed by atoms with E-state index in [1.807, 2.05) is 0 Å². The van der Waals surface area contributed by atoms with Crippen molar-refractivity contribution >= 4 is 38.9 Å². The third kappa shape index (κ3) is 4.23. The van der Waals surface area contributed by atoms with Crippen molar-refractivity contribution in [2.45, 2.75) is 17.4 Å². The molecule has 5 rings (SSSR count). The summed E-state index contributed by atoms with van der Waals surface area (Å²) in [5.41, 5.74) is 1.41. The van der Waals surface area contributed by atoms with Gasteiger partial charge in [0, 0.05) is 17.0 Å². The number of benzene rings is 2. The summed E-state index contributed by atoms with van der Waals surface area (Å²) in [5, 5.41) is 6.29. The fourth-order valence-electron chi connectivity index (χ4n) is 3.72. The number of amides is 1. The normalized spacial score (nSPS) is 15.9. The maximum Gasteiger partial charge on any atom is 0.310 e. The molecule has 4 aromatic rings. The van der Waals surface area contributed by atoms with Gasteiger partial charge in [-0.15, -0.1) is 0 Å². The molecule has 0 aliphatic carbocycles. The van der Waals surface area contributed by atoms with Gasteiger partial charge in [-0.2, -0.15) is 5.10 Å². The van der Waals surface area contributed by atoms with E-state index < -0.39 is 22.0 Å². The highest BCUT2D eigenvalue weighted by Crippen LogP contribution is 2.36. The Morgan fingerprint density at radius 3 is 2.41 bits per heavy atom. The Balaban J connectivity index is 1.51. The van der Waals surface area contributed by atoms with Crippen molar-refractivity contribution in [1.29, 1.82) is 0 Å². The first kappa shape index (κ1) is 22.0. The summed E-state index contributed by atoms with van der Waals surface area (Å²) in [6.45, 7) is 0. The second kappa shape index (κ2) is 8.85. The van der Waals surface area contributed by atoms with Gasteiger partial charge in [0.1, 0.15) is 11.8 Å². The number of para-hydroxylation sites is 1. The van der Waals surface area contributed by atoms with Gasteiger partial charge in [0.25, 0.3) is 10.0 Å². The second-order valence-corrected chi connectivity index (χ2v) is 9.63. The monoisotopic (exact) mass is 495 g/mol. The molecule has 0 spiro atoms. The molecule has 0 unspecified atom stereocenters. The van der Waals surface area contributed by atoms with Crippen molar-refractivity contribution < 1.29 is 22.0 Å². The molecule has 0 saturated carbocycles. The molecule has 172 valence electrons. The van der Waals surface area contributed by atoms with Crippen LogP contribution in [0.1, 0.15) is 34.3 Å². The van der Waals surface area contributed by atoms with Crippen LogP contribution in [0.2, 0.25) is 5.02 Å². The first-order chi connectivity index (χ1) is 16.4. The third-order valence-corrected chi connectivity index (χ3v) is 6.96. The Bertz CT molecular complexity index is 1450. The molecule has 10 heteroatoms. The third-order valence-electron chi connectivity index (χ3n) is 5.33. The summed E-state index contributed by atoms with van der Waals surface area (Å²) in [7, 11) is -3.88. The predicted molar refractivity (Wildman–Crippen MR) is 126 cm³/mol. The number of furan rings is 2. The molecule has 1 aliphatic rings. The molecule has 0 saturated heterocycles. The fraction of sp³-hybridized carbons (Fsp3) is 0.0833. The van der Waals surface area contributed by atoms with Crippen LogP contribution in [-0.4, -0.2) is 25.0 Å². The highest BCUT2D eigenvalue weighted by molar-refractivity contribution is 7.92. The van der Waals surface area contributed by atoms with E-state index in [4.69, 9.17) is 20.4 Å². The minimum atomic E-state index is -3.88. The maximum absolute atomic E-state index is 13.1. The quantitative estimate of drug-likeness (QED) is 0.390. The van der Waals surface area contributed by atoms with Gasteiger partial charge in [0.2, 0.25) is 0 Å². The van der Waals surface area contributed by atoms with Crippen LogP contribution >= 0.6 is 11.6 Å². The summed E-state index contributed by atoms with van der Waals surface area (Å²) in [5.74, 6) is 0.261. The number of sulfonamides is 1. The lowest BCUT2D eigenvalue weighted by Gasteiger charge is -2.18. The van der Waals surface area contributed by atoms with Gasteiger partial charge in [0.05, 0.1) is 28.8 Å². The van der Waals surface area contributed by atoms with Crippen LogP contribution in [0.5, 0.6) is 0 Å². The van der Waals surface area contributed by atoms with Gasteiger partial charge in [-0.05, 0) is 54.6 Å². The Kier molecular flexibility index (Phi) is 5.72. The molecule has 2 aromatic carbocycles. The lowest BCUT2D eigenvalue weighted by atomic mass is 10.0. The summed E-state index contributed by atoms with van der Waals surface area (Å²) in [6, 6.07) is 18.9. The molecule has 0 radical (unpaired) electrons. The van der Waals surface area contributed by atoms with Crippen LogP contribution in [0, 0.1) is 0 Å². The lowest BCUT2D eigenvalue weighted by Crippen LogP contribution is -2.26. The van der Waals surface area contributed by atoms with Crippen LogP contribution in [-0.2, 0) is 10.0 Å². The van der Waals surface area contributed by atoms with Gasteiger partial charge < -0.3 is 8.83 Å². The van der Waals surface area contributed by atoms with Crippen molar-refractivity contribution in [2.75, 3.05) is 4.72 Å². The fourth-order valence-corrected chi connectivity index (χ4v) is 4.92. The predicted octanol–water partition coefficient (Wildman–Crippen LogP) is 5.32. The Labute approximate surface area is 200 Å². The van der Waals surface area contributed by atoms with Gasteiger partial charge in [-0.1, -0.05) is 29.8 Å². The summed E-state index contributed by atoms with van der Waals surface area (Å²) >= 11 is 5.89. The molecule has 0 bridgehead atoms. The van der Waals surface area contributed by atoms with E-state index >= 15 is 0 Å². The van der Waals surface area contributed by atoms with E-state index in [-0.39, 0.29) is 10.7 Å². The minimum Gasteiger partial charge on any atom is -0.467 e. The molecule has 1 amide bonds. The van der Waals surface area contributed by atoms with Crippen molar-refractivity contribution in [3.8, 4) is 0 Å². The van der Waals surface area contributed by atoms with Crippen LogP contribution in [0.15, 0.2) is 104 Å². The number of hydrogen-bond donors (Lipinski definition) is 1. The SMILES string of the molecule is O=C(c1ccco1)N1N=C(c2ccccc2NS(=O)(=O)c2ccc(Cl)cc2)C[C@H]1c1ccco1. The average molecular weight is 496 g/mol. The molecule has 1 N–H and O–H groups in total. The Morgan fingerprint density at radius 2 is 1.71 bits per heavy atom. The number of anilines is 1. The molecular weight excluding hydrogens is 478 g/mol. The number of halogens is 1. The van der Waals surface area contributed by atoms with E-state index in [1.165, 1.54) is 41.8 Å². The van der Waals surface area contributed by atoms with Crippen molar-refractivity contribution in [3.63, 3.8) is 0 Å². The maximum atomic E-state index is 13.1. The summed E-state index contributed by atoms with van der Waals surface area (Å²) in [4.78, 5) is 13.2. The number of carbonyl (C=O) groups is 1. The molecule has 1 aliphatic heterocycles. The molecular formula is C24H18ClN3O5S. The lowest BCUT2D eigenvalue weighted by molar-refractivity contribution is 0.0660. The van der Waals surface area contributed by atoms with Crippen LogP contribution < -0.4 is 4.72 Å². The minimum absolute atomic E-state index is 0.0724. The Morgan fingerprint density at radius 1 is 0.971 bits per heavy atom. The largest absolute Gasteiger partial charge is 0.467 e. The molecule has 2 aromatic heterocycles. The van der Waals surface area contributed by atoms with E-state index in [0.29, 0.717) is 34.2 Å². The molecule has 0 fully saturated rings. The van der Waals surface area contributed by atoms with E-state index in [1.54, 1.807) is 48.5 Å². The number of hydrogen-bond acceptors (Lipinski definition) is 6. The van der Waals surface area contributed by atoms with Crippen molar-refractivity contribution in [3.05, 3.63) is 107 Å². The van der Waals surface area contributed by atoms with Gasteiger partial charge in [-0.3, -0.25) is 9.52 Å². The van der Waals surface area contributed by atoms with Crippen molar-refractivity contribution in [1.82, 2.24) is 5.01 Å². The van der Waals surface area contributed by atoms with Crippen LogP contribution in [0.25, 0.3) is 0 Å². The van der Waals surface area contributed by atoms with Crippen LogP contribution in [0.3, 0.4) is 0 Å². The summed E-state index contributed by atoms with van der Waals surface area (Å²) < 4.78 is 39.4. The Hall–Kier alpha value is -3.82. The second-order valence-electron chi connectivity index (χ2n) is 7.51. The zero-order chi connectivity index (χ0) is 23.7. The van der Waals surface area contributed by atoms with Gasteiger partial charge in [-0.25, -0.2) is 13.4 Å². The molecule has 8 nitrogen and oxygen atoms in total. The molecule has 1 atom stereocenters. The van der Waals surface area contributed by atoms with E-state index in [0.717, 1.165) is 0 Å². The molecule has 34 heavy (non-hydrogen) atoms. The number of nitrogens with zero attached hydrogens (tertiary/aromatic N) is 2. The standard InChI is InChI=1S/C24H18ClN3O5S/c25-16-9-11-17(12-10-16)34(30,31)27-19-6-2-1-5-18(19)20-15-21(22-7-3-13-32-22)28(26-20)24(29)23-8-4-14-33-23/h1-14,21,27H,15H2/t21-/m0/s1. The first-order valence-electron chi connectivity index (χ1n) is 10.3.